The van der Waals surface area contributed by atoms with Crippen molar-refractivity contribution in [1.29, 1.82) is 0 Å². The van der Waals surface area contributed by atoms with E-state index < -0.39 is 0 Å². The number of carbonyl (C=O) groups excluding carboxylic acids is 1. The van der Waals surface area contributed by atoms with Gasteiger partial charge in [-0.05, 0) is 43.5 Å². The van der Waals surface area contributed by atoms with Crippen LogP contribution in [0.3, 0.4) is 0 Å². The van der Waals surface area contributed by atoms with Crippen molar-refractivity contribution in [1.82, 2.24) is 10.2 Å². The smallest absolute Gasteiger partial charge is 0.224 e. The van der Waals surface area contributed by atoms with Crippen LogP contribution in [0.2, 0.25) is 5.02 Å². The maximum atomic E-state index is 12.2. The van der Waals surface area contributed by atoms with Crippen LogP contribution in [0.5, 0.6) is 0 Å². The molecule has 1 aliphatic rings. The molecular formula is C18H27ClN2O. The summed E-state index contributed by atoms with van der Waals surface area (Å²) in [6, 6.07) is 7.99. The van der Waals surface area contributed by atoms with Gasteiger partial charge in [-0.3, -0.25) is 9.69 Å². The first-order chi connectivity index (χ1) is 10.7. The van der Waals surface area contributed by atoms with E-state index in [2.05, 4.69) is 29.3 Å². The Labute approximate surface area is 139 Å². The van der Waals surface area contributed by atoms with E-state index >= 15 is 0 Å². The lowest BCUT2D eigenvalue weighted by atomic mass is 9.96. The lowest BCUT2D eigenvalue weighted by Gasteiger charge is -2.32. The number of halogens is 1. The molecule has 0 radical (unpaired) electrons. The molecule has 122 valence electrons. The van der Waals surface area contributed by atoms with E-state index in [1.54, 1.807) is 0 Å². The summed E-state index contributed by atoms with van der Waals surface area (Å²) >= 11 is 5.92. The van der Waals surface area contributed by atoms with E-state index in [9.17, 15) is 4.79 Å². The van der Waals surface area contributed by atoms with Gasteiger partial charge < -0.3 is 5.32 Å². The Balaban J connectivity index is 1.78. The zero-order valence-corrected chi connectivity index (χ0v) is 14.2. The van der Waals surface area contributed by atoms with Gasteiger partial charge in [-0.25, -0.2) is 0 Å². The van der Waals surface area contributed by atoms with Gasteiger partial charge in [-0.15, -0.1) is 0 Å². The van der Waals surface area contributed by atoms with Crippen molar-refractivity contribution in [2.75, 3.05) is 19.6 Å². The first kappa shape index (κ1) is 17.3. The van der Waals surface area contributed by atoms with Gasteiger partial charge in [-0.1, -0.05) is 43.5 Å². The first-order valence-corrected chi connectivity index (χ1v) is 8.81. The minimum Gasteiger partial charge on any atom is -0.356 e. The van der Waals surface area contributed by atoms with E-state index in [0.717, 1.165) is 50.5 Å². The SMILES string of the molecule is CCCCCNC(=O)[C@H]1CCCN(Cc2ccc(Cl)cc2)C1. The number of rotatable bonds is 7. The summed E-state index contributed by atoms with van der Waals surface area (Å²) in [6.45, 7) is 5.83. The predicted octanol–water partition coefficient (Wildman–Crippen LogP) is 3.86. The van der Waals surface area contributed by atoms with Gasteiger partial charge in [0.2, 0.25) is 5.91 Å². The van der Waals surface area contributed by atoms with Crippen LogP contribution < -0.4 is 5.32 Å². The molecule has 22 heavy (non-hydrogen) atoms. The molecule has 0 spiro atoms. The molecule has 1 saturated heterocycles. The molecule has 3 nitrogen and oxygen atoms in total. The number of hydrogen-bond acceptors (Lipinski definition) is 2. The molecule has 1 aromatic carbocycles. The Morgan fingerprint density at radius 1 is 1.32 bits per heavy atom. The number of amides is 1. The predicted molar refractivity (Wildman–Crippen MR) is 92.0 cm³/mol. The number of hydrogen-bond donors (Lipinski definition) is 1. The molecule has 1 heterocycles. The molecule has 1 aliphatic heterocycles. The Hall–Kier alpha value is -1.06. The molecular weight excluding hydrogens is 296 g/mol. The van der Waals surface area contributed by atoms with Crippen LogP contribution in [0, 0.1) is 5.92 Å². The zero-order chi connectivity index (χ0) is 15.8. The van der Waals surface area contributed by atoms with Crippen molar-refractivity contribution >= 4 is 17.5 Å². The number of carbonyl (C=O) groups is 1. The third-order valence-corrected chi connectivity index (χ3v) is 4.53. The molecule has 1 amide bonds. The minimum absolute atomic E-state index is 0.141. The summed E-state index contributed by atoms with van der Waals surface area (Å²) in [5, 5.41) is 3.87. The molecule has 1 atom stereocenters. The summed E-state index contributed by atoms with van der Waals surface area (Å²) in [5.41, 5.74) is 1.26. The minimum atomic E-state index is 0.141. The Bertz CT molecular complexity index is 461. The number of unbranched alkanes of at least 4 members (excludes halogenated alkanes) is 2. The lowest BCUT2D eigenvalue weighted by molar-refractivity contribution is -0.126. The third kappa shape index (κ3) is 5.62. The standard InChI is InChI=1S/C18H27ClN2O/c1-2-3-4-11-20-18(22)16-6-5-12-21(14-16)13-15-7-9-17(19)10-8-15/h7-10,16H,2-6,11-14H2,1H3,(H,20,22)/t16-/m0/s1. The summed E-state index contributed by atoms with van der Waals surface area (Å²) in [5.74, 6) is 0.375. The maximum absolute atomic E-state index is 12.2. The fourth-order valence-corrected chi connectivity index (χ4v) is 3.12. The van der Waals surface area contributed by atoms with Gasteiger partial charge in [0, 0.05) is 24.7 Å². The summed E-state index contributed by atoms with van der Waals surface area (Å²) < 4.78 is 0. The molecule has 1 fully saturated rings. The van der Waals surface area contributed by atoms with Crippen molar-refractivity contribution in [2.45, 2.75) is 45.6 Å². The molecule has 0 aromatic heterocycles. The van der Waals surface area contributed by atoms with E-state index in [1.165, 1.54) is 18.4 Å². The van der Waals surface area contributed by atoms with Crippen molar-refractivity contribution in [3.63, 3.8) is 0 Å². The molecule has 0 saturated carbocycles. The largest absolute Gasteiger partial charge is 0.356 e. The molecule has 0 bridgehead atoms. The second-order valence-electron chi connectivity index (χ2n) is 6.20. The number of benzene rings is 1. The van der Waals surface area contributed by atoms with E-state index in [0.29, 0.717) is 0 Å². The summed E-state index contributed by atoms with van der Waals surface area (Å²) in [7, 11) is 0. The highest BCUT2D eigenvalue weighted by Crippen LogP contribution is 2.19. The van der Waals surface area contributed by atoms with Gasteiger partial charge >= 0.3 is 0 Å². The quantitative estimate of drug-likeness (QED) is 0.773. The van der Waals surface area contributed by atoms with E-state index in [1.807, 2.05) is 12.1 Å². The molecule has 0 aliphatic carbocycles. The van der Waals surface area contributed by atoms with E-state index in [-0.39, 0.29) is 11.8 Å². The second kappa shape index (κ2) is 9.16. The second-order valence-corrected chi connectivity index (χ2v) is 6.64. The van der Waals surface area contributed by atoms with Gasteiger partial charge in [0.1, 0.15) is 0 Å². The number of piperidine rings is 1. The molecule has 1 aromatic rings. The van der Waals surface area contributed by atoms with Crippen LogP contribution in [0.4, 0.5) is 0 Å². The van der Waals surface area contributed by atoms with Crippen molar-refractivity contribution in [3.05, 3.63) is 34.9 Å². The van der Waals surface area contributed by atoms with Crippen LogP contribution in [0.15, 0.2) is 24.3 Å². The van der Waals surface area contributed by atoms with Gasteiger partial charge in [0.15, 0.2) is 0 Å². The highest BCUT2D eigenvalue weighted by atomic mass is 35.5. The molecule has 1 N–H and O–H groups in total. The van der Waals surface area contributed by atoms with Crippen molar-refractivity contribution in [2.24, 2.45) is 5.92 Å². The van der Waals surface area contributed by atoms with Crippen molar-refractivity contribution in [3.8, 4) is 0 Å². The first-order valence-electron chi connectivity index (χ1n) is 8.43. The van der Waals surface area contributed by atoms with Gasteiger partial charge in [0.05, 0.1) is 5.92 Å². The fraction of sp³-hybridized carbons (Fsp3) is 0.611. The number of likely N-dealkylation sites (tertiary alicyclic amines) is 1. The monoisotopic (exact) mass is 322 g/mol. The summed E-state index contributed by atoms with van der Waals surface area (Å²) in [4.78, 5) is 14.6. The van der Waals surface area contributed by atoms with E-state index in [4.69, 9.17) is 11.6 Å². The third-order valence-electron chi connectivity index (χ3n) is 4.28. The van der Waals surface area contributed by atoms with Gasteiger partial charge in [0.25, 0.3) is 0 Å². The number of nitrogens with one attached hydrogen (secondary N) is 1. The van der Waals surface area contributed by atoms with Crippen LogP contribution in [-0.2, 0) is 11.3 Å². The van der Waals surface area contributed by atoms with Crippen LogP contribution in [-0.4, -0.2) is 30.4 Å². The van der Waals surface area contributed by atoms with Crippen LogP contribution in [0.25, 0.3) is 0 Å². The topological polar surface area (TPSA) is 32.3 Å². The fourth-order valence-electron chi connectivity index (χ4n) is 2.99. The summed E-state index contributed by atoms with van der Waals surface area (Å²) in [6.07, 6.45) is 5.57. The van der Waals surface area contributed by atoms with Crippen molar-refractivity contribution < 1.29 is 4.79 Å². The lowest BCUT2D eigenvalue weighted by Crippen LogP contribution is -2.42. The zero-order valence-electron chi connectivity index (χ0n) is 13.5. The Kier molecular flexibility index (Phi) is 7.20. The maximum Gasteiger partial charge on any atom is 0.224 e. The average molecular weight is 323 g/mol. The molecule has 0 unspecified atom stereocenters. The van der Waals surface area contributed by atoms with Gasteiger partial charge in [-0.2, -0.15) is 0 Å². The highest BCUT2D eigenvalue weighted by Gasteiger charge is 2.25. The number of nitrogens with zero attached hydrogens (tertiary/aromatic N) is 1. The Morgan fingerprint density at radius 3 is 2.82 bits per heavy atom. The van der Waals surface area contributed by atoms with Crippen LogP contribution >= 0.6 is 11.6 Å². The highest BCUT2D eigenvalue weighted by molar-refractivity contribution is 6.30. The van der Waals surface area contributed by atoms with Crippen LogP contribution in [0.1, 0.15) is 44.6 Å². The normalized spacial score (nSPS) is 19.1. The molecule has 2 rings (SSSR count). The molecule has 4 heteroatoms. The average Bonchev–Trinajstić information content (AvgIpc) is 2.54. The Morgan fingerprint density at radius 2 is 2.09 bits per heavy atom.